The summed E-state index contributed by atoms with van der Waals surface area (Å²) in [6.07, 6.45) is 1.89. The highest BCUT2D eigenvalue weighted by Crippen LogP contribution is 2.30. The lowest BCUT2D eigenvalue weighted by Crippen LogP contribution is -2.23. The minimum atomic E-state index is -0.288. The first-order valence-electron chi connectivity index (χ1n) is 11.5. The number of hydrogen-bond donors (Lipinski definition) is 1. The van der Waals surface area contributed by atoms with Crippen molar-refractivity contribution in [1.29, 1.82) is 0 Å². The van der Waals surface area contributed by atoms with Crippen molar-refractivity contribution in [1.82, 2.24) is 15.1 Å². The van der Waals surface area contributed by atoms with Crippen molar-refractivity contribution >= 4 is 16.9 Å². The highest BCUT2D eigenvalue weighted by molar-refractivity contribution is 6.00. The Balaban J connectivity index is 1.49. The molecular formula is C29H26FN3O2. The number of fused-ring (bicyclic) bond motifs is 1. The van der Waals surface area contributed by atoms with E-state index in [0.29, 0.717) is 22.6 Å². The normalized spacial score (nSPS) is 11.2. The molecular weight excluding hydrogens is 441 g/mol. The highest BCUT2D eigenvalue weighted by atomic mass is 19.1. The van der Waals surface area contributed by atoms with E-state index in [4.69, 9.17) is 9.52 Å². The van der Waals surface area contributed by atoms with E-state index in [1.54, 1.807) is 23.7 Å². The molecule has 0 bridgehead atoms. The standard InChI is InChI=1S/C29H26FN3O2/c1-17-12-19(3)26-20(4)28(35-25(26)13-17)29(34)31-15-22-16-33(23-8-6-5-7-9-23)32-27(22)21-10-11-24(30)18(2)14-21/h5-14,16H,15H2,1-4H3,(H,31,34). The molecule has 6 heteroatoms. The van der Waals surface area contributed by atoms with Crippen LogP contribution in [0, 0.1) is 33.5 Å². The van der Waals surface area contributed by atoms with Gasteiger partial charge in [0.1, 0.15) is 11.4 Å². The van der Waals surface area contributed by atoms with Crippen molar-refractivity contribution < 1.29 is 13.6 Å². The van der Waals surface area contributed by atoms with Gasteiger partial charge >= 0.3 is 0 Å². The van der Waals surface area contributed by atoms with Crippen molar-refractivity contribution in [3.63, 3.8) is 0 Å². The number of aryl methyl sites for hydroxylation is 4. The number of hydrogen-bond acceptors (Lipinski definition) is 3. The van der Waals surface area contributed by atoms with Crippen LogP contribution >= 0.6 is 0 Å². The molecule has 0 aliphatic rings. The quantitative estimate of drug-likeness (QED) is 0.317. The summed E-state index contributed by atoms with van der Waals surface area (Å²) in [5.74, 6) is -0.246. The Hall–Kier alpha value is -4.19. The zero-order valence-corrected chi connectivity index (χ0v) is 20.1. The average Bonchev–Trinajstić information content (AvgIpc) is 3.41. The molecule has 0 spiro atoms. The minimum Gasteiger partial charge on any atom is -0.451 e. The second-order valence-electron chi connectivity index (χ2n) is 8.94. The van der Waals surface area contributed by atoms with Gasteiger partial charge in [-0.05, 0) is 80.8 Å². The molecule has 2 aromatic heterocycles. The molecule has 0 aliphatic carbocycles. The van der Waals surface area contributed by atoms with Crippen molar-refractivity contribution in [2.24, 2.45) is 0 Å². The van der Waals surface area contributed by atoms with E-state index in [9.17, 15) is 9.18 Å². The van der Waals surface area contributed by atoms with Crippen molar-refractivity contribution in [3.8, 4) is 16.9 Å². The van der Waals surface area contributed by atoms with E-state index in [0.717, 1.165) is 38.9 Å². The predicted molar refractivity (Wildman–Crippen MR) is 135 cm³/mol. The van der Waals surface area contributed by atoms with Crippen molar-refractivity contribution in [3.05, 3.63) is 106 Å². The van der Waals surface area contributed by atoms with E-state index in [1.165, 1.54) is 6.07 Å². The molecule has 5 aromatic rings. The van der Waals surface area contributed by atoms with E-state index < -0.39 is 0 Å². The van der Waals surface area contributed by atoms with Gasteiger partial charge in [0.2, 0.25) is 0 Å². The summed E-state index contributed by atoms with van der Waals surface area (Å²) in [6, 6.07) is 18.7. The van der Waals surface area contributed by atoms with Gasteiger partial charge in [0.25, 0.3) is 5.91 Å². The molecule has 0 saturated carbocycles. The van der Waals surface area contributed by atoms with Crippen molar-refractivity contribution in [2.45, 2.75) is 34.2 Å². The van der Waals surface area contributed by atoms with E-state index in [2.05, 4.69) is 11.4 Å². The molecule has 5 rings (SSSR count). The number of benzene rings is 3. The molecule has 0 unspecified atom stereocenters. The van der Waals surface area contributed by atoms with Crippen molar-refractivity contribution in [2.75, 3.05) is 0 Å². The summed E-state index contributed by atoms with van der Waals surface area (Å²) in [5, 5.41) is 8.73. The van der Waals surface area contributed by atoms with Crippen LogP contribution in [0.15, 0.2) is 71.3 Å². The maximum Gasteiger partial charge on any atom is 0.287 e. The first-order chi connectivity index (χ1) is 16.8. The Morgan fingerprint density at radius 3 is 2.51 bits per heavy atom. The zero-order valence-electron chi connectivity index (χ0n) is 20.1. The third-order valence-electron chi connectivity index (χ3n) is 6.26. The Morgan fingerprint density at radius 2 is 1.77 bits per heavy atom. The lowest BCUT2D eigenvalue weighted by atomic mass is 10.0. The van der Waals surface area contributed by atoms with Gasteiger partial charge in [0, 0.05) is 34.8 Å². The van der Waals surface area contributed by atoms with Gasteiger partial charge in [-0.1, -0.05) is 24.3 Å². The number of furan rings is 1. The molecule has 0 radical (unpaired) electrons. The average molecular weight is 468 g/mol. The fraction of sp³-hybridized carbons (Fsp3) is 0.172. The summed E-state index contributed by atoms with van der Waals surface area (Å²) < 4.78 is 21.6. The third kappa shape index (κ3) is 4.23. The Morgan fingerprint density at radius 1 is 1.00 bits per heavy atom. The lowest BCUT2D eigenvalue weighted by molar-refractivity contribution is 0.0924. The zero-order chi connectivity index (χ0) is 24.7. The van der Waals surface area contributed by atoms with E-state index in [1.807, 2.05) is 63.4 Å². The second kappa shape index (κ2) is 8.87. The molecule has 0 saturated heterocycles. The minimum absolute atomic E-state index is 0.242. The maximum absolute atomic E-state index is 13.9. The SMILES string of the molecule is Cc1cc(C)c2c(C)c(C(=O)NCc3cn(-c4ccccc4)nc3-c3ccc(F)c(C)c3)oc2c1. The first-order valence-corrected chi connectivity index (χ1v) is 11.5. The number of aromatic nitrogens is 2. The number of carbonyl (C=O) groups is 1. The predicted octanol–water partition coefficient (Wildman–Crippen LogP) is 6.59. The van der Waals surface area contributed by atoms with Crippen LogP contribution in [0.25, 0.3) is 27.9 Å². The summed E-state index contributed by atoms with van der Waals surface area (Å²) >= 11 is 0. The van der Waals surface area contributed by atoms with Gasteiger partial charge in [-0.3, -0.25) is 4.79 Å². The van der Waals surface area contributed by atoms with Crippen LogP contribution in [0.4, 0.5) is 4.39 Å². The number of nitrogens with zero attached hydrogens (tertiary/aromatic N) is 2. The molecule has 5 nitrogen and oxygen atoms in total. The number of amides is 1. The highest BCUT2D eigenvalue weighted by Gasteiger charge is 2.20. The lowest BCUT2D eigenvalue weighted by Gasteiger charge is -2.06. The van der Waals surface area contributed by atoms with Crippen LogP contribution in [0.5, 0.6) is 0 Å². The van der Waals surface area contributed by atoms with Crippen LogP contribution < -0.4 is 5.32 Å². The summed E-state index contributed by atoms with van der Waals surface area (Å²) in [4.78, 5) is 13.1. The van der Waals surface area contributed by atoms with Gasteiger partial charge in [0.05, 0.1) is 11.4 Å². The second-order valence-corrected chi connectivity index (χ2v) is 8.94. The summed E-state index contributed by atoms with van der Waals surface area (Å²) in [6.45, 7) is 7.90. The molecule has 176 valence electrons. The van der Waals surface area contributed by atoms with Crippen LogP contribution in [-0.4, -0.2) is 15.7 Å². The topological polar surface area (TPSA) is 60.1 Å². The number of rotatable bonds is 5. The monoisotopic (exact) mass is 467 g/mol. The van der Waals surface area contributed by atoms with Gasteiger partial charge in [-0.15, -0.1) is 0 Å². The molecule has 0 aliphatic heterocycles. The molecule has 0 fully saturated rings. The fourth-order valence-electron chi connectivity index (χ4n) is 4.55. The summed E-state index contributed by atoms with van der Waals surface area (Å²) in [7, 11) is 0. The number of carbonyl (C=O) groups excluding carboxylic acids is 1. The van der Waals surface area contributed by atoms with Gasteiger partial charge in [-0.2, -0.15) is 5.10 Å². The first kappa shape index (κ1) is 22.6. The molecule has 2 heterocycles. The molecule has 1 N–H and O–H groups in total. The number of nitrogens with one attached hydrogen (secondary N) is 1. The Kier molecular flexibility index (Phi) is 5.73. The third-order valence-corrected chi connectivity index (χ3v) is 6.26. The van der Waals surface area contributed by atoms with E-state index >= 15 is 0 Å². The maximum atomic E-state index is 13.9. The molecule has 35 heavy (non-hydrogen) atoms. The van der Waals surface area contributed by atoms with Crippen LogP contribution in [0.1, 0.15) is 38.4 Å². The molecule has 1 amide bonds. The van der Waals surface area contributed by atoms with Gasteiger partial charge < -0.3 is 9.73 Å². The molecule has 3 aromatic carbocycles. The van der Waals surface area contributed by atoms with Gasteiger partial charge in [-0.25, -0.2) is 9.07 Å². The van der Waals surface area contributed by atoms with E-state index in [-0.39, 0.29) is 18.3 Å². The van der Waals surface area contributed by atoms with Crippen LogP contribution in [0.2, 0.25) is 0 Å². The Bertz CT molecular complexity index is 1560. The number of halogens is 1. The molecule has 0 atom stereocenters. The fourth-order valence-corrected chi connectivity index (χ4v) is 4.55. The Labute approximate surface area is 203 Å². The van der Waals surface area contributed by atoms with Gasteiger partial charge in [0.15, 0.2) is 5.76 Å². The largest absolute Gasteiger partial charge is 0.451 e. The summed E-state index contributed by atoms with van der Waals surface area (Å²) in [5.41, 5.74) is 7.42. The van der Waals surface area contributed by atoms with Crippen LogP contribution in [0.3, 0.4) is 0 Å². The number of para-hydroxylation sites is 1. The van der Waals surface area contributed by atoms with Crippen LogP contribution in [-0.2, 0) is 6.54 Å². The smallest absolute Gasteiger partial charge is 0.287 e.